The summed E-state index contributed by atoms with van der Waals surface area (Å²) in [4.78, 5) is -0.0666. The number of hydrogen-bond acceptors (Lipinski definition) is 8. The highest BCUT2D eigenvalue weighted by molar-refractivity contribution is 7.85. The van der Waals surface area contributed by atoms with Gasteiger partial charge in [-0.25, -0.2) is 0 Å². The summed E-state index contributed by atoms with van der Waals surface area (Å²) >= 11 is 0. The van der Waals surface area contributed by atoms with Gasteiger partial charge in [-0.1, -0.05) is 48.0 Å². The van der Waals surface area contributed by atoms with Crippen molar-refractivity contribution in [3.05, 3.63) is 65.7 Å². The van der Waals surface area contributed by atoms with Gasteiger partial charge in [0.2, 0.25) is 0 Å². The van der Waals surface area contributed by atoms with E-state index in [1.807, 2.05) is 51.1 Å². The molecule has 33 heavy (non-hydrogen) atoms. The Morgan fingerprint density at radius 3 is 2.30 bits per heavy atom. The molecule has 2 aliphatic heterocycles. The van der Waals surface area contributed by atoms with Crippen LogP contribution in [-0.2, 0) is 35.7 Å². The van der Waals surface area contributed by atoms with Gasteiger partial charge >= 0.3 is 0 Å². The molecule has 0 spiro atoms. The van der Waals surface area contributed by atoms with Gasteiger partial charge in [0.1, 0.15) is 18.3 Å². The van der Waals surface area contributed by atoms with Crippen molar-refractivity contribution in [1.29, 1.82) is 0 Å². The molecular formula is C23H31NO8S. The summed E-state index contributed by atoms with van der Waals surface area (Å²) < 4.78 is 52.9. The Kier molecular flexibility index (Phi) is 8.25. The molecule has 5 unspecified atom stereocenters. The predicted octanol–water partition coefficient (Wildman–Crippen LogP) is 2.01. The Bertz CT molecular complexity index is 997. The summed E-state index contributed by atoms with van der Waals surface area (Å²) in [5.41, 5.74) is 7.56. The molecule has 0 aliphatic carbocycles. The van der Waals surface area contributed by atoms with Gasteiger partial charge in [0.05, 0.1) is 17.6 Å². The molecule has 2 aromatic rings. The first-order chi connectivity index (χ1) is 15.5. The lowest BCUT2D eigenvalue weighted by atomic mass is 10.1. The highest BCUT2D eigenvalue weighted by atomic mass is 32.2. The van der Waals surface area contributed by atoms with Crippen LogP contribution < -0.4 is 5.73 Å². The standard InChI is InChI=1S/C16H23NO5.C7H8O3S/c1-16(2)21-14-13(19-9-10-6-4-3-5-7-10)12(11(18)8-17)20-15(14)22-16;1-6-2-4-7(5-3-6)11(8,9)10/h3-7,11-15,18H,8-9,17H2,1-2H3;2-5H,1H3,(H,8,9,10). The molecule has 182 valence electrons. The maximum absolute atomic E-state index is 10.5. The van der Waals surface area contributed by atoms with E-state index in [4.69, 9.17) is 29.2 Å². The van der Waals surface area contributed by atoms with Gasteiger partial charge in [0.25, 0.3) is 10.1 Å². The summed E-state index contributed by atoms with van der Waals surface area (Å²) in [5, 5.41) is 10.1. The number of aliphatic hydroxyl groups is 1. The number of hydrogen-bond donors (Lipinski definition) is 3. The van der Waals surface area contributed by atoms with Crippen molar-refractivity contribution >= 4 is 10.1 Å². The van der Waals surface area contributed by atoms with E-state index in [2.05, 4.69) is 0 Å². The fourth-order valence-electron chi connectivity index (χ4n) is 3.61. The van der Waals surface area contributed by atoms with Crippen molar-refractivity contribution in [3.8, 4) is 0 Å². The quantitative estimate of drug-likeness (QED) is 0.529. The fraction of sp³-hybridized carbons (Fsp3) is 0.478. The molecule has 4 N–H and O–H groups in total. The number of ether oxygens (including phenoxy) is 4. The molecule has 9 nitrogen and oxygen atoms in total. The fourth-order valence-corrected chi connectivity index (χ4v) is 4.09. The number of aryl methyl sites for hydroxylation is 1. The zero-order valence-electron chi connectivity index (χ0n) is 18.8. The number of benzene rings is 2. The highest BCUT2D eigenvalue weighted by Crippen LogP contribution is 2.39. The Balaban J connectivity index is 0.000000235. The zero-order valence-corrected chi connectivity index (χ0v) is 19.6. The maximum Gasteiger partial charge on any atom is 0.294 e. The smallest absolute Gasteiger partial charge is 0.294 e. The molecule has 4 rings (SSSR count). The van der Waals surface area contributed by atoms with Crippen molar-refractivity contribution in [2.24, 2.45) is 5.73 Å². The van der Waals surface area contributed by atoms with Crippen LogP contribution in [0.5, 0.6) is 0 Å². The maximum atomic E-state index is 10.5. The third kappa shape index (κ3) is 6.81. The van der Waals surface area contributed by atoms with Gasteiger partial charge in [-0.3, -0.25) is 4.55 Å². The molecule has 0 saturated carbocycles. The first kappa shape index (κ1) is 25.7. The SMILES string of the molecule is CC1(C)OC2OC(C(O)CN)C(OCc3ccccc3)C2O1.Cc1ccc(S(=O)(=O)O)cc1. The Morgan fingerprint density at radius 2 is 1.73 bits per heavy atom. The molecule has 2 saturated heterocycles. The largest absolute Gasteiger partial charge is 0.389 e. The third-order valence-electron chi connectivity index (χ3n) is 5.25. The van der Waals surface area contributed by atoms with Crippen molar-refractivity contribution < 1.29 is 37.0 Å². The second-order valence-corrected chi connectivity index (χ2v) is 9.84. The van der Waals surface area contributed by atoms with E-state index < -0.39 is 40.5 Å². The summed E-state index contributed by atoms with van der Waals surface area (Å²) in [5.74, 6) is -0.720. The van der Waals surface area contributed by atoms with Gasteiger partial charge in [-0.05, 0) is 38.5 Å². The monoisotopic (exact) mass is 481 g/mol. The molecule has 2 heterocycles. The van der Waals surface area contributed by atoms with Crippen molar-refractivity contribution in [1.82, 2.24) is 0 Å². The Hall–Kier alpha value is -1.89. The van der Waals surface area contributed by atoms with E-state index in [0.717, 1.165) is 11.1 Å². The molecular weight excluding hydrogens is 450 g/mol. The van der Waals surface area contributed by atoms with Crippen LogP contribution in [0.15, 0.2) is 59.5 Å². The lowest BCUT2D eigenvalue weighted by Crippen LogP contribution is -2.45. The molecule has 0 aromatic heterocycles. The zero-order chi connectivity index (χ0) is 24.2. The first-order valence-corrected chi connectivity index (χ1v) is 12.0. The van der Waals surface area contributed by atoms with Crippen LogP contribution in [0.3, 0.4) is 0 Å². The van der Waals surface area contributed by atoms with Crippen molar-refractivity contribution in [3.63, 3.8) is 0 Å². The van der Waals surface area contributed by atoms with Crippen molar-refractivity contribution in [2.75, 3.05) is 6.54 Å². The summed E-state index contributed by atoms with van der Waals surface area (Å²) in [6.45, 7) is 6.01. The average molecular weight is 482 g/mol. The molecule has 2 aliphatic rings. The van der Waals surface area contributed by atoms with Gasteiger partial charge < -0.3 is 29.8 Å². The van der Waals surface area contributed by atoms with E-state index in [0.29, 0.717) is 6.61 Å². The normalized spacial score (nSPS) is 26.8. The lowest BCUT2D eigenvalue weighted by molar-refractivity contribution is -0.229. The molecule has 10 heteroatoms. The summed E-state index contributed by atoms with van der Waals surface area (Å²) in [7, 11) is -4.02. The van der Waals surface area contributed by atoms with Crippen LogP contribution in [0.25, 0.3) is 0 Å². The predicted molar refractivity (Wildman–Crippen MR) is 120 cm³/mol. The van der Waals surface area contributed by atoms with Crippen LogP contribution in [0, 0.1) is 6.92 Å². The van der Waals surface area contributed by atoms with E-state index >= 15 is 0 Å². The van der Waals surface area contributed by atoms with Crippen LogP contribution in [0.2, 0.25) is 0 Å². The topological polar surface area (TPSA) is 138 Å². The number of aliphatic hydroxyl groups excluding tert-OH is 1. The molecule has 0 amide bonds. The van der Waals surface area contributed by atoms with Gasteiger partial charge in [-0.15, -0.1) is 0 Å². The van der Waals surface area contributed by atoms with Gasteiger partial charge in [-0.2, -0.15) is 8.42 Å². The lowest BCUT2D eigenvalue weighted by Gasteiger charge is -2.28. The second kappa shape index (κ2) is 10.6. The van der Waals surface area contributed by atoms with Gasteiger partial charge in [0.15, 0.2) is 12.1 Å². The van der Waals surface area contributed by atoms with Crippen LogP contribution >= 0.6 is 0 Å². The van der Waals surface area contributed by atoms with Crippen LogP contribution in [0.4, 0.5) is 0 Å². The number of fused-ring (bicyclic) bond motifs is 1. The van der Waals surface area contributed by atoms with Crippen molar-refractivity contribution in [2.45, 2.75) is 68.8 Å². The minimum absolute atomic E-state index is 0.0666. The molecule has 0 bridgehead atoms. The summed E-state index contributed by atoms with van der Waals surface area (Å²) in [6, 6.07) is 15.8. The number of nitrogens with two attached hydrogens (primary N) is 1. The minimum atomic E-state index is -4.02. The van der Waals surface area contributed by atoms with E-state index in [-0.39, 0.29) is 17.5 Å². The van der Waals surface area contributed by atoms with E-state index in [1.54, 1.807) is 12.1 Å². The summed E-state index contributed by atoms with van der Waals surface area (Å²) in [6.07, 6.45) is -2.71. The van der Waals surface area contributed by atoms with E-state index in [9.17, 15) is 13.5 Å². The van der Waals surface area contributed by atoms with Crippen LogP contribution in [-0.4, -0.2) is 61.1 Å². The second-order valence-electron chi connectivity index (χ2n) is 8.42. The minimum Gasteiger partial charge on any atom is -0.389 e. The Morgan fingerprint density at radius 1 is 1.09 bits per heavy atom. The Labute approximate surface area is 194 Å². The number of rotatable bonds is 6. The van der Waals surface area contributed by atoms with Crippen LogP contribution in [0.1, 0.15) is 25.0 Å². The molecule has 0 radical (unpaired) electrons. The first-order valence-electron chi connectivity index (χ1n) is 10.6. The third-order valence-corrected chi connectivity index (χ3v) is 6.12. The highest BCUT2D eigenvalue weighted by Gasteiger charge is 2.56. The average Bonchev–Trinajstić information content (AvgIpc) is 3.24. The molecule has 2 fully saturated rings. The van der Waals surface area contributed by atoms with E-state index in [1.165, 1.54) is 12.1 Å². The van der Waals surface area contributed by atoms with Gasteiger partial charge in [0, 0.05) is 6.54 Å². The molecule has 5 atom stereocenters. The molecule has 2 aromatic carbocycles.